The minimum atomic E-state index is -1.69. The van der Waals surface area contributed by atoms with Gasteiger partial charge in [-0.3, -0.25) is 4.79 Å². The lowest BCUT2D eigenvalue weighted by Crippen LogP contribution is -2.39. The van der Waals surface area contributed by atoms with Crippen molar-refractivity contribution < 1.29 is 13.6 Å². The fraction of sp³-hybridized carbons (Fsp3) is 0.400. The average Bonchev–Trinajstić information content (AvgIpc) is 2.34. The molecular weight excluding hydrogens is 276 g/mol. The van der Waals surface area contributed by atoms with E-state index in [1.54, 1.807) is 0 Å². The number of unbranched alkanes of at least 4 members (excludes halogenated alkanes) is 1. The largest absolute Gasteiger partial charge is 0.326 e. The maximum absolute atomic E-state index is 11.9. The van der Waals surface area contributed by atoms with Crippen molar-refractivity contribution in [1.29, 1.82) is 0 Å². The van der Waals surface area contributed by atoms with Gasteiger partial charge in [-0.2, -0.15) is 8.78 Å². The van der Waals surface area contributed by atoms with Crippen LogP contribution in [0.4, 0.5) is 14.5 Å². The molecule has 0 aliphatic rings. The summed E-state index contributed by atoms with van der Waals surface area (Å²) in [5.74, 6) is -0.122. The van der Waals surface area contributed by atoms with Gasteiger partial charge < -0.3 is 5.32 Å². The number of rotatable bonds is 6. The van der Waals surface area contributed by atoms with Crippen LogP contribution < -0.4 is 10.5 Å². The first-order valence-corrected chi connectivity index (χ1v) is 10.2. The Balaban J connectivity index is 2.61. The monoisotopic (exact) mass is 297 g/mol. The van der Waals surface area contributed by atoms with Gasteiger partial charge in [-0.1, -0.05) is 37.8 Å². The lowest BCUT2D eigenvalue weighted by Gasteiger charge is -2.21. The molecule has 1 aromatic carbocycles. The zero-order valence-corrected chi connectivity index (χ0v) is 13.2. The van der Waals surface area contributed by atoms with Crippen LogP contribution in [0.1, 0.15) is 19.3 Å². The Morgan fingerprint density at radius 2 is 1.90 bits per heavy atom. The van der Waals surface area contributed by atoms with Gasteiger partial charge in [0.15, 0.2) is 0 Å². The third kappa shape index (κ3) is 5.65. The van der Waals surface area contributed by atoms with Crippen LogP contribution in [0.3, 0.4) is 0 Å². The van der Waals surface area contributed by atoms with Crippen LogP contribution in [0, 0.1) is 0 Å². The number of hydrogen-bond donors (Lipinski definition) is 1. The number of halogens is 2. The van der Waals surface area contributed by atoms with E-state index in [1.807, 2.05) is 24.3 Å². The summed E-state index contributed by atoms with van der Waals surface area (Å²) in [5, 5.41) is 4.09. The average molecular weight is 297 g/mol. The molecule has 1 aromatic rings. The minimum Gasteiger partial charge on any atom is -0.326 e. The second-order valence-electron chi connectivity index (χ2n) is 5.73. The zero-order valence-electron chi connectivity index (χ0n) is 12.2. The Hall–Kier alpha value is -1.49. The van der Waals surface area contributed by atoms with E-state index in [2.05, 4.69) is 25.0 Å². The SMILES string of the molecule is C[Si](C)(C)c1ccccc1NC(=O)CCCC=C(F)F. The number of anilines is 1. The molecule has 0 atom stereocenters. The highest BCUT2D eigenvalue weighted by Gasteiger charge is 2.20. The van der Waals surface area contributed by atoms with Crippen LogP contribution in [0.5, 0.6) is 0 Å². The summed E-state index contributed by atoms with van der Waals surface area (Å²) in [6.45, 7) is 6.65. The van der Waals surface area contributed by atoms with Gasteiger partial charge in [-0.15, -0.1) is 0 Å². The number of hydrogen-bond acceptors (Lipinski definition) is 1. The number of allylic oxidation sites excluding steroid dienone is 1. The van der Waals surface area contributed by atoms with E-state index >= 15 is 0 Å². The molecule has 20 heavy (non-hydrogen) atoms. The van der Waals surface area contributed by atoms with Crippen molar-refractivity contribution in [3.05, 3.63) is 36.4 Å². The van der Waals surface area contributed by atoms with Crippen molar-refractivity contribution in [2.45, 2.75) is 38.9 Å². The van der Waals surface area contributed by atoms with Crippen LogP contribution in [-0.4, -0.2) is 14.0 Å². The van der Waals surface area contributed by atoms with Gasteiger partial charge in [0.25, 0.3) is 6.08 Å². The molecule has 0 radical (unpaired) electrons. The third-order valence-corrected chi connectivity index (χ3v) is 4.97. The van der Waals surface area contributed by atoms with Gasteiger partial charge in [0.05, 0.1) is 8.07 Å². The lowest BCUT2D eigenvalue weighted by molar-refractivity contribution is -0.116. The van der Waals surface area contributed by atoms with Crippen molar-refractivity contribution in [2.24, 2.45) is 0 Å². The Morgan fingerprint density at radius 3 is 2.50 bits per heavy atom. The maximum atomic E-state index is 11.9. The summed E-state index contributed by atoms with van der Waals surface area (Å²) in [4.78, 5) is 11.8. The van der Waals surface area contributed by atoms with Gasteiger partial charge in [0.1, 0.15) is 0 Å². The second kappa shape index (κ2) is 7.33. The van der Waals surface area contributed by atoms with E-state index in [9.17, 15) is 13.6 Å². The predicted octanol–water partition coefficient (Wildman–Crippen LogP) is 4.12. The highest BCUT2D eigenvalue weighted by molar-refractivity contribution is 6.89. The molecule has 1 rings (SSSR count). The van der Waals surface area contributed by atoms with Crippen molar-refractivity contribution in [3.63, 3.8) is 0 Å². The van der Waals surface area contributed by atoms with Crippen LogP contribution >= 0.6 is 0 Å². The highest BCUT2D eigenvalue weighted by atomic mass is 28.3. The molecular formula is C15H21F2NOSi. The number of nitrogens with one attached hydrogen (secondary N) is 1. The van der Waals surface area contributed by atoms with Crippen LogP contribution in [-0.2, 0) is 4.79 Å². The molecule has 110 valence electrons. The first-order chi connectivity index (χ1) is 9.30. The van der Waals surface area contributed by atoms with E-state index in [4.69, 9.17) is 0 Å². The fourth-order valence-electron chi connectivity index (χ4n) is 1.93. The van der Waals surface area contributed by atoms with E-state index in [0.717, 1.165) is 11.8 Å². The van der Waals surface area contributed by atoms with Crippen LogP contribution in [0.2, 0.25) is 19.6 Å². The summed E-state index contributed by atoms with van der Waals surface area (Å²) in [5.41, 5.74) is 0.851. The second-order valence-corrected chi connectivity index (χ2v) is 10.8. The molecule has 0 spiro atoms. The first kappa shape index (κ1) is 16.6. The standard InChI is InChI=1S/C15H21F2NOSi/c1-20(2,3)13-9-5-4-8-12(13)18-15(19)11-7-6-10-14(16)17/h4-5,8-10H,6-7,11H2,1-3H3,(H,18,19). The van der Waals surface area contributed by atoms with Crippen LogP contribution in [0.15, 0.2) is 36.4 Å². The smallest absolute Gasteiger partial charge is 0.266 e. The summed E-state index contributed by atoms with van der Waals surface area (Å²) < 4.78 is 23.7. The maximum Gasteiger partial charge on any atom is 0.266 e. The molecule has 0 bridgehead atoms. The molecule has 0 fully saturated rings. The number of para-hydroxylation sites is 1. The van der Waals surface area contributed by atoms with Gasteiger partial charge >= 0.3 is 0 Å². The minimum absolute atomic E-state index is 0.122. The normalized spacial score (nSPS) is 11.1. The summed E-state index contributed by atoms with van der Waals surface area (Å²) in [7, 11) is -1.52. The molecule has 0 saturated carbocycles. The van der Waals surface area contributed by atoms with Gasteiger partial charge in [-0.25, -0.2) is 0 Å². The molecule has 0 aliphatic carbocycles. The van der Waals surface area contributed by atoms with Crippen LogP contribution in [0.25, 0.3) is 0 Å². The Labute approximate surface area is 119 Å². The molecule has 0 heterocycles. The predicted molar refractivity (Wildman–Crippen MR) is 82.2 cm³/mol. The quantitative estimate of drug-likeness (QED) is 0.621. The zero-order chi connectivity index (χ0) is 15.2. The molecule has 2 nitrogen and oxygen atoms in total. The van der Waals surface area contributed by atoms with Crippen molar-refractivity contribution in [3.8, 4) is 0 Å². The molecule has 5 heteroatoms. The van der Waals surface area contributed by atoms with Gasteiger partial charge in [0, 0.05) is 12.1 Å². The molecule has 1 N–H and O–H groups in total. The van der Waals surface area contributed by atoms with Gasteiger partial charge in [0.2, 0.25) is 5.91 Å². The molecule has 0 unspecified atom stereocenters. The number of benzene rings is 1. The number of carbonyl (C=O) groups is 1. The lowest BCUT2D eigenvalue weighted by atomic mass is 10.2. The van der Waals surface area contributed by atoms with E-state index in [-0.39, 0.29) is 18.7 Å². The van der Waals surface area contributed by atoms with Crippen molar-refractivity contribution in [2.75, 3.05) is 5.32 Å². The number of amides is 1. The summed E-state index contributed by atoms with van der Waals surface area (Å²) in [6, 6.07) is 7.80. The van der Waals surface area contributed by atoms with Crippen molar-refractivity contribution in [1.82, 2.24) is 0 Å². The van der Waals surface area contributed by atoms with E-state index in [0.29, 0.717) is 6.42 Å². The first-order valence-electron chi connectivity index (χ1n) is 6.71. The molecule has 1 amide bonds. The topological polar surface area (TPSA) is 29.1 Å². The van der Waals surface area contributed by atoms with Gasteiger partial charge in [-0.05, 0) is 30.2 Å². The summed E-state index contributed by atoms with van der Waals surface area (Å²) >= 11 is 0. The van der Waals surface area contributed by atoms with Crippen molar-refractivity contribution >= 4 is 24.9 Å². The molecule has 0 aromatic heterocycles. The fourth-order valence-corrected chi connectivity index (χ4v) is 3.48. The summed E-state index contributed by atoms with van der Waals surface area (Å²) in [6.07, 6.45) is 0.0751. The molecule has 0 saturated heterocycles. The Kier molecular flexibility index (Phi) is 6.07. The number of carbonyl (C=O) groups excluding carboxylic acids is 1. The van der Waals surface area contributed by atoms with E-state index < -0.39 is 14.2 Å². The Morgan fingerprint density at radius 1 is 1.25 bits per heavy atom. The molecule has 0 aliphatic heterocycles. The van der Waals surface area contributed by atoms with E-state index in [1.165, 1.54) is 5.19 Å². The Bertz CT molecular complexity index is 491. The highest BCUT2D eigenvalue weighted by Crippen LogP contribution is 2.13. The third-order valence-electron chi connectivity index (χ3n) is 2.92.